The van der Waals surface area contributed by atoms with E-state index >= 15 is 0 Å². The lowest BCUT2D eigenvalue weighted by Gasteiger charge is -2.32. The van der Waals surface area contributed by atoms with Crippen LogP contribution in [-0.4, -0.2) is 39.1 Å². The van der Waals surface area contributed by atoms with Crippen molar-refractivity contribution in [3.8, 4) is 11.5 Å². The highest BCUT2D eigenvalue weighted by atomic mass is 32.3. The molecule has 0 radical (unpaired) electrons. The maximum Gasteiger partial charge on any atom is 0.498 e. The zero-order valence-corrected chi connectivity index (χ0v) is 19.0. The molecule has 7 nitrogen and oxygen atoms in total. The van der Waals surface area contributed by atoms with Gasteiger partial charge in [-0.1, -0.05) is 23.1 Å². The topological polar surface area (TPSA) is 80.3 Å². The summed E-state index contributed by atoms with van der Waals surface area (Å²) in [5.41, 5.74) is -0.849. The lowest BCUT2D eigenvalue weighted by atomic mass is 9.78. The van der Waals surface area contributed by atoms with E-state index in [-0.39, 0.29) is 11.9 Å². The van der Waals surface area contributed by atoms with Crippen LogP contribution < -0.4 is 14.4 Å². The van der Waals surface area contributed by atoms with Crippen LogP contribution in [0.1, 0.15) is 66.7 Å². The fraction of sp³-hybridized carbons (Fsp3) is 0.700. The third kappa shape index (κ3) is 5.66. The first-order valence-electron chi connectivity index (χ1n) is 10.3. The van der Waals surface area contributed by atoms with E-state index in [9.17, 15) is 12.3 Å². The molecule has 168 valence electrons. The van der Waals surface area contributed by atoms with Gasteiger partial charge in [0.2, 0.25) is 0 Å². The molecule has 30 heavy (non-hydrogen) atoms. The summed E-state index contributed by atoms with van der Waals surface area (Å²) in [6.07, 6.45) is 5.11. The van der Waals surface area contributed by atoms with Crippen molar-refractivity contribution in [3.05, 3.63) is 18.2 Å². The van der Waals surface area contributed by atoms with E-state index in [4.69, 9.17) is 18.8 Å². The van der Waals surface area contributed by atoms with Crippen molar-refractivity contribution >= 4 is 23.1 Å². The van der Waals surface area contributed by atoms with Crippen LogP contribution in [0, 0.1) is 0 Å². The van der Waals surface area contributed by atoms with Gasteiger partial charge in [-0.2, -0.15) is 8.42 Å². The van der Waals surface area contributed by atoms with Gasteiger partial charge in [0.25, 0.3) is 0 Å². The molecular weight excluding hydrogens is 414 g/mol. The lowest BCUT2D eigenvalue weighted by molar-refractivity contribution is -0.116. The van der Waals surface area contributed by atoms with Crippen LogP contribution in [-0.2, 0) is 24.5 Å². The van der Waals surface area contributed by atoms with Crippen molar-refractivity contribution in [1.82, 2.24) is 0 Å². The zero-order chi connectivity index (χ0) is 22.2. The molecule has 1 saturated carbocycles. The van der Waals surface area contributed by atoms with Crippen LogP contribution in [0.15, 0.2) is 18.2 Å². The Morgan fingerprint density at radius 1 is 1.10 bits per heavy atom. The summed E-state index contributed by atoms with van der Waals surface area (Å²) in [4.78, 5) is 0. The minimum absolute atomic E-state index is 0.147. The third-order valence-corrected chi connectivity index (χ3v) is 6.30. The predicted octanol–water partition coefficient (Wildman–Crippen LogP) is 3.65. The summed E-state index contributed by atoms with van der Waals surface area (Å²) in [6, 6.07) is 4.16. The minimum Gasteiger partial charge on any atom is -0.466 e. The van der Waals surface area contributed by atoms with Gasteiger partial charge in [0.1, 0.15) is 11.5 Å². The lowest BCUT2D eigenvalue weighted by Crippen LogP contribution is -2.41. The third-order valence-electron chi connectivity index (χ3n) is 5.91. The summed E-state index contributed by atoms with van der Waals surface area (Å²) >= 11 is 0. The van der Waals surface area contributed by atoms with Crippen LogP contribution in [0.4, 0.5) is 3.89 Å². The fourth-order valence-corrected chi connectivity index (χ4v) is 3.97. The molecule has 1 heterocycles. The van der Waals surface area contributed by atoms with E-state index in [0.717, 1.165) is 25.7 Å². The number of hydrogen-bond acceptors (Lipinski definition) is 7. The monoisotopic (exact) mass is 444 g/mol. The van der Waals surface area contributed by atoms with Gasteiger partial charge >= 0.3 is 17.6 Å². The summed E-state index contributed by atoms with van der Waals surface area (Å²) < 4.78 is 63.4. The molecule has 1 aliphatic heterocycles. The number of rotatable bonds is 7. The second-order valence-electron chi connectivity index (χ2n) is 8.85. The molecule has 0 amide bonds. The molecule has 1 unspecified atom stereocenters. The molecule has 1 atom stereocenters. The van der Waals surface area contributed by atoms with Crippen molar-refractivity contribution in [3.63, 3.8) is 0 Å². The van der Waals surface area contributed by atoms with E-state index in [2.05, 4.69) is 4.18 Å². The molecule has 2 fully saturated rings. The van der Waals surface area contributed by atoms with Crippen molar-refractivity contribution < 1.29 is 35.3 Å². The molecule has 2 aliphatic rings. The smallest absolute Gasteiger partial charge is 0.466 e. The van der Waals surface area contributed by atoms with Crippen LogP contribution in [0.3, 0.4) is 0 Å². The normalized spacial score (nSPS) is 22.7. The maximum atomic E-state index is 13.0. The van der Waals surface area contributed by atoms with Crippen LogP contribution >= 0.6 is 0 Å². The van der Waals surface area contributed by atoms with E-state index in [1.54, 1.807) is 6.92 Å². The highest BCUT2D eigenvalue weighted by Gasteiger charge is 2.52. The van der Waals surface area contributed by atoms with Crippen LogP contribution in [0.25, 0.3) is 0 Å². The van der Waals surface area contributed by atoms with Crippen molar-refractivity contribution in [1.29, 1.82) is 0 Å². The molecule has 3 rings (SSSR count). The molecule has 0 spiro atoms. The van der Waals surface area contributed by atoms with Crippen LogP contribution in [0.5, 0.6) is 11.5 Å². The van der Waals surface area contributed by atoms with Gasteiger partial charge in [-0.25, -0.2) is 0 Å². The Morgan fingerprint density at radius 2 is 1.70 bits per heavy atom. The van der Waals surface area contributed by atoms with Crippen LogP contribution in [0.2, 0.25) is 0 Å². The van der Waals surface area contributed by atoms with Gasteiger partial charge < -0.3 is 23.0 Å². The van der Waals surface area contributed by atoms with E-state index < -0.39 is 35.1 Å². The molecule has 0 bridgehead atoms. The fourth-order valence-electron chi connectivity index (χ4n) is 3.63. The Balaban J connectivity index is 1.84. The first kappa shape index (κ1) is 23.3. The number of hydrogen-bond donors (Lipinski definition) is 0. The molecule has 1 aromatic rings. The average molecular weight is 444 g/mol. The van der Waals surface area contributed by atoms with Gasteiger partial charge in [0.15, 0.2) is 6.29 Å². The second-order valence-corrected chi connectivity index (χ2v) is 9.80. The SMILES string of the molecule is CC(Oc1ccc(OS(=O)(=O)F)cc1B1OC(C)(C)C(C)(C)O1)OC1CCCCC1. The van der Waals surface area contributed by atoms with Gasteiger partial charge in [-0.15, -0.1) is 0 Å². The largest absolute Gasteiger partial charge is 0.498 e. The molecule has 1 saturated heterocycles. The van der Waals surface area contributed by atoms with E-state index in [1.165, 1.54) is 24.6 Å². The number of ether oxygens (including phenoxy) is 2. The quantitative estimate of drug-likeness (QED) is 0.361. The Kier molecular flexibility index (Phi) is 6.72. The summed E-state index contributed by atoms with van der Waals surface area (Å²) in [5, 5.41) is 0. The molecule has 0 N–H and O–H groups in total. The highest BCUT2D eigenvalue weighted by molar-refractivity contribution is 7.81. The van der Waals surface area contributed by atoms with Crippen molar-refractivity contribution in [2.24, 2.45) is 0 Å². The van der Waals surface area contributed by atoms with Crippen molar-refractivity contribution in [2.75, 3.05) is 0 Å². The minimum atomic E-state index is -5.17. The van der Waals surface area contributed by atoms with E-state index in [1.807, 2.05) is 27.7 Å². The number of benzene rings is 1. The second kappa shape index (κ2) is 8.65. The van der Waals surface area contributed by atoms with Gasteiger partial charge in [0.05, 0.1) is 17.3 Å². The Labute approximate surface area is 178 Å². The summed E-state index contributed by atoms with van der Waals surface area (Å²) in [6.45, 7) is 9.39. The Morgan fingerprint density at radius 3 is 2.27 bits per heavy atom. The van der Waals surface area contributed by atoms with Gasteiger partial charge in [-0.05, 0) is 65.7 Å². The molecule has 1 aliphatic carbocycles. The number of halogens is 1. The first-order valence-corrected chi connectivity index (χ1v) is 11.6. The predicted molar refractivity (Wildman–Crippen MR) is 111 cm³/mol. The van der Waals surface area contributed by atoms with Gasteiger partial charge in [-0.3, -0.25) is 0 Å². The molecule has 1 aromatic carbocycles. The highest BCUT2D eigenvalue weighted by Crippen LogP contribution is 2.37. The molecular formula is C20H30BFO7S. The standard InChI is InChI=1S/C20H30BFO7S/c1-14(25-15-9-7-6-8-10-15)26-18-12-11-16(27-30(22,23)24)13-17(18)21-28-19(2,3)20(4,5)29-21/h11-15H,6-10H2,1-5H3. The molecule has 0 aromatic heterocycles. The van der Waals surface area contributed by atoms with E-state index in [0.29, 0.717) is 11.2 Å². The first-order chi connectivity index (χ1) is 13.9. The maximum absolute atomic E-state index is 13.0. The Hall–Kier alpha value is -1.36. The average Bonchev–Trinajstić information content (AvgIpc) is 2.83. The van der Waals surface area contributed by atoms with Gasteiger partial charge in [0, 0.05) is 5.46 Å². The zero-order valence-electron chi connectivity index (χ0n) is 18.1. The summed E-state index contributed by atoms with van der Waals surface area (Å²) in [7, 11) is -6.01. The summed E-state index contributed by atoms with van der Waals surface area (Å²) in [5.74, 6) is 0.191. The Bertz CT molecular complexity index is 837. The van der Waals surface area contributed by atoms with Crippen molar-refractivity contribution in [2.45, 2.75) is 90.3 Å². The molecule has 10 heteroatoms.